The van der Waals surface area contributed by atoms with E-state index in [-0.39, 0.29) is 33.6 Å². The van der Waals surface area contributed by atoms with Gasteiger partial charge in [0.15, 0.2) is 23.3 Å². The third-order valence-electron chi connectivity index (χ3n) is 5.51. The van der Waals surface area contributed by atoms with Crippen molar-refractivity contribution >= 4 is 12.0 Å². The van der Waals surface area contributed by atoms with Gasteiger partial charge in [-0.1, -0.05) is 0 Å². The van der Waals surface area contributed by atoms with Gasteiger partial charge in [0, 0.05) is 24.8 Å². The molecule has 3 saturated carbocycles. The maximum absolute atomic E-state index is 12.9. The highest BCUT2D eigenvalue weighted by molar-refractivity contribution is 5.81. The first-order valence-corrected chi connectivity index (χ1v) is 8.62. The van der Waals surface area contributed by atoms with Gasteiger partial charge < -0.3 is 10.8 Å². The summed E-state index contributed by atoms with van der Waals surface area (Å²) in [5.41, 5.74) is 5.71. The Hall–Kier alpha value is -3.15. The fraction of sp³-hybridized carbons (Fsp3) is 0.368. The number of hydrogen-bond acceptors (Lipinski definition) is 5. The van der Waals surface area contributed by atoms with Crippen molar-refractivity contribution in [3.8, 4) is 23.1 Å². The number of nitrogen functional groups attached to an aromatic ring is 1. The van der Waals surface area contributed by atoms with E-state index in [1.165, 1.54) is 13.1 Å². The summed E-state index contributed by atoms with van der Waals surface area (Å²) in [7, 11) is 0. The molecule has 2 aromatic rings. The molecule has 6 nitrogen and oxygen atoms in total. The maximum Gasteiger partial charge on any atom is 0.416 e. The second-order valence-corrected chi connectivity index (χ2v) is 7.70. The minimum absolute atomic E-state index is 0.0786. The number of alkyl halides is 3. The first-order chi connectivity index (χ1) is 13.1. The molecular weight excluding hydrogens is 371 g/mol. The molecule has 0 amide bonds. The molecule has 1 heterocycles. The van der Waals surface area contributed by atoms with E-state index in [0.717, 1.165) is 25.3 Å². The number of phenols is 1. The smallest absolute Gasteiger partial charge is 0.416 e. The molecule has 1 aromatic heterocycles. The molecule has 5 rings (SSSR count). The van der Waals surface area contributed by atoms with E-state index in [9.17, 15) is 18.3 Å². The van der Waals surface area contributed by atoms with Crippen LogP contribution in [0.15, 0.2) is 18.3 Å². The fourth-order valence-electron chi connectivity index (χ4n) is 4.19. The van der Waals surface area contributed by atoms with Crippen molar-refractivity contribution in [2.45, 2.75) is 37.9 Å². The zero-order valence-electron chi connectivity index (χ0n) is 14.9. The highest BCUT2D eigenvalue weighted by Crippen LogP contribution is 2.64. The number of nitrogens with zero attached hydrogens (tertiary/aromatic N) is 3. The Balaban J connectivity index is 1.60. The zero-order chi connectivity index (χ0) is 20.3. The monoisotopic (exact) mass is 388 g/mol. The van der Waals surface area contributed by atoms with Gasteiger partial charge in [0.1, 0.15) is 5.75 Å². The minimum Gasteiger partial charge on any atom is -0.507 e. The van der Waals surface area contributed by atoms with Gasteiger partial charge >= 0.3 is 6.18 Å². The molecule has 0 atom stereocenters. The van der Waals surface area contributed by atoms with Crippen molar-refractivity contribution in [3.05, 3.63) is 35.2 Å². The van der Waals surface area contributed by atoms with Gasteiger partial charge in [-0.3, -0.25) is 0 Å². The molecule has 0 aliphatic heterocycles. The number of halogens is 3. The number of benzene rings is 1. The van der Waals surface area contributed by atoms with Crippen molar-refractivity contribution in [1.82, 2.24) is 9.97 Å². The molecular formula is C19H17F3N5O+. The largest absolute Gasteiger partial charge is 0.507 e. The lowest BCUT2D eigenvalue weighted by molar-refractivity contribution is -0.619. The average Bonchev–Trinajstić information content (AvgIpc) is 2.52. The first kappa shape index (κ1) is 18.2. The van der Waals surface area contributed by atoms with Crippen LogP contribution in [0.25, 0.3) is 11.3 Å². The van der Waals surface area contributed by atoms with Crippen molar-refractivity contribution < 1.29 is 23.3 Å². The molecule has 144 valence electrons. The molecule has 1 aromatic carbocycles. The number of phenolic OH excluding ortho intramolecular Hbond substituents is 1. The van der Waals surface area contributed by atoms with E-state index >= 15 is 0 Å². The van der Waals surface area contributed by atoms with Crippen LogP contribution in [0.1, 0.15) is 36.1 Å². The van der Waals surface area contributed by atoms with Crippen LogP contribution in [-0.4, -0.2) is 26.8 Å². The molecule has 3 fully saturated rings. The predicted octanol–water partition coefficient (Wildman–Crippen LogP) is 1.70. The first-order valence-electron chi connectivity index (χ1n) is 8.62. The summed E-state index contributed by atoms with van der Waals surface area (Å²) >= 11 is 0. The molecule has 2 bridgehead atoms. The van der Waals surface area contributed by atoms with Gasteiger partial charge in [-0.15, -0.1) is 0 Å². The van der Waals surface area contributed by atoms with Crippen LogP contribution in [0.2, 0.25) is 0 Å². The summed E-state index contributed by atoms with van der Waals surface area (Å²) < 4.78 is 38.6. The van der Waals surface area contributed by atoms with E-state index in [4.69, 9.17) is 11.0 Å². The SMILES string of the molecule is Cc1cc(C(F)(F)F)cc(O)c1-c1cnc(C=[NH+]C23CC(C#N)(C2)C3)c(N)n1. The number of aromatic nitrogens is 2. The Morgan fingerprint density at radius 1 is 1.32 bits per heavy atom. The van der Waals surface area contributed by atoms with E-state index in [1.54, 1.807) is 6.21 Å². The van der Waals surface area contributed by atoms with Crippen LogP contribution in [0, 0.1) is 23.7 Å². The molecule has 0 spiro atoms. The van der Waals surface area contributed by atoms with Crippen LogP contribution in [0.4, 0.5) is 19.0 Å². The molecule has 3 aliphatic rings. The second-order valence-electron chi connectivity index (χ2n) is 7.70. The number of hydrogen-bond donors (Lipinski definition) is 3. The van der Waals surface area contributed by atoms with Crippen LogP contribution >= 0.6 is 0 Å². The standard InChI is InChI=1S/C19H16F3N5O/c1-10-2-11(19(20,21)22)3-14(28)15(10)12-4-25-13(16(24)27-12)5-26-18-6-17(7-18,8-18)9-23/h2-5,28H,6-8H2,1H3,(H2,24,27)/p+1. The van der Waals surface area contributed by atoms with Crippen LogP contribution < -0.4 is 10.7 Å². The normalized spacial score (nSPS) is 25.8. The predicted molar refractivity (Wildman–Crippen MR) is 94.0 cm³/mol. The van der Waals surface area contributed by atoms with Gasteiger partial charge in [0.05, 0.1) is 28.9 Å². The summed E-state index contributed by atoms with van der Waals surface area (Å²) in [6.07, 6.45) is 0.816. The molecule has 28 heavy (non-hydrogen) atoms. The highest BCUT2D eigenvalue weighted by Gasteiger charge is 2.73. The summed E-state index contributed by atoms with van der Waals surface area (Å²) in [4.78, 5) is 11.7. The zero-order valence-corrected chi connectivity index (χ0v) is 14.9. The van der Waals surface area contributed by atoms with E-state index in [1.807, 2.05) is 0 Å². The Labute approximate surface area is 158 Å². The van der Waals surface area contributed by atoms with Gasteiger partial charge in [-0.05, 0) is 24.6 Å². The minimum atomic E-state index is -4.55. The molecule has 0 saturated heterocycles. The Kier molecular flexibility index (Phi) is 3.69. The van der Waals surface area contributed by atoms with Crippen LogP contribution in [-0.2, 0) is 6.18 Å². The van der Waals surface area contributed by atoms with Gasteiger partial charge in [-0.25, -0.2) is 15.0 Å². The van der Waals surface area contributed by atoms with Crippen molar-refractivity contribution in [2.24, 2.45) is 5.41 Å². The fourth-order valence-corrected chi connectivity index (χ4v) is 4.19. The number of nitriles is 1. The number of rotatable bonds is 3. The highest BCUT2D eigenvalue weighted by atomic mass is 19.4. The van der Waals surface area contributed by atoms with Crippen LogP contribution in [0.3, 0.4) is 0 Å². The number of aromatic hydroxyl groups is 1. The number of aryl methyl sites for hydroxylation is 1. The molecule has 9 heteroatoms. The number of anilines is 1. The van der Waals surface area contributed by atoms with E-state index in [2.05, 4.69) is 21.0 Å². The third-order valence-corrected chi connectivity index (χ3v) is 5.51. The van der Waals surface area contributed by atoms with Crippen molar-refractivity contribution in [2.75, 3.05) is 5.73 Å². The second kappa shape index (κ2) is 5.67. The van der Waals surface area contributed by atoms with Crippen molar-refractivity contribution in [1.29, 1.82) is 5.26 Å². The van der Waals surface area contributed by atoms with E-state index in [0.29, 0.717) is 11.8 Å². The number of nitrogens with one attached hydrogen (secondary N) is 1. The summed E-state index contributed by atoms with van der Waals surface area (Å²) in [5, 5.41) is 19.2. The molecule has 0 radical (unpaired) electrons. The summed E-state index contributed by atoms with van der Waals surface area (Å²) in [5.74, 6) is -0.447. The van der Waals surface area contributed by atoms with Crippen LogP contribution in [0.5, 0.6) is 5.75 Å². The Morgan fingerprint density at radius 3 is 2.54 bits per heavy atom. The van der Waals surface area contributed by atoms with Gasteiger partial charge in [0.25, 0.3) is 0 Å². The maximum atomic E-state index is 12.9. The lowest BCUT2D eigenvalue weighted by Crippen LogP contribution is -2.97. The Bertz CT molecular complexity index is 1010. The lowest BCUT2D eigenvalue weighted by atomic mass is 9.40. The summed E-state index contributed by atoms with van der Waals surface area (Å²) in [6, 6.07) is 3.94. The van der Waals surface area contributed by atoms with Gasteiger partial charge in [0.2, 0.25) is 0 Å². The molecule has 3 aliphatic carbocycles. The quantitative estimate of drug-likeness (QED) is 0.694. The average molecular weight is 388 g/mol. The van der Waals surface area contributed by atoms with Crippen molar-refractivity contribution in [3.63, 3.8) is 0 Å². The molecule has 0 unspecified atom stereocenters. The summed E-state index contributed by atoms with van der Waals surface area (Å²) in [6.45, 7) is 1.46. The topological polar surface area (TPSA) is 110 Å². The number of nitrogens with two attached hydrogens (primary N) is 1. The van der Waals surface area contributed by atoms with Gasteiger partial charge in [-0.2, -0.15) is 18.4 Å². The Morgan fingerprint density at radius 2 is 2.00 bits per heavy atom. The third kappa shape index (κ3) is 2.76. The van der Waals surface area contributed by atoms with E-state index < -0.39 is 17.5 Å². The molecule has 4 N–H and O–H groups in total. The lowest BCUT2D eigenvalue weighted by Gasteiger charge is -2.59.